The van der Waals surface area contributed by atoms with Crippen LogP contribution < -0.4 is 4.80 Å². The molecule has 0 saturated carbocycles. The van der Waals surface area contributed by atoms with Crippen molar-refractivity contribution in [1.82, 2.24) is 4.57 Å². The van der Waals surface area contributed by atoms with Crippen molar-refractivity contribution in [2.24, 2.45) is 4.99 Å². The van der Waals surface area contributed by atoms with Crippen LogP contribution in [0.4, 0.5) is 4.79 Å². The molecule has 0 bridgehead atoms. The molecule has 1 amide bonds. The summed E-state index contributed by atoms with van der Waals surface area (Å²) in [6, 6.07) is 6.71. The number of ether oxygens (including phenoxy) is 1. The predicted octanol–water partition coefficient (Wildman–Crippen LogP) is 2.95. The third kappa shape index (κ3) is 3.32. The Morgan fingerprint density at radius 3 is 2.76 bits per heavy atom. The SMILES string of the molecule is CCOC(=O)/N=c1\scc(C(=O)O)n1-c1ccccc1Cl. The Balaban J connectivity index is 2.67. The lowest BCUT2D eigenvalue weighted by Gasteiger charge is -2.07. The van der Waals surface area contributed by atoms with E-state index in [1.54, 1.807) is 31.2 Å². The first kappa shape index (κ1) is 15.3. The fourth-order valence-electron chi connectivity index (χ4n) is 1.64. The Morgan fingerprint density at radius 2 is 2.14 bits per heavy atom. The lowest BCUT2D eigenvalue weighted by atomic mass is 10.3. The molecule has 0 unspecified atom stereocenters. The van der Waals surface area contributed by atoms with Crippen molar-refractivity contribution in [2.45, 2.75) is 6.92 Å². The average Bonchev–Trinajstić information content (AvgIpc) is 2.83. The number of nitrogens with zero attached hydrogens (tertiary/aromatic N) is 2. The molecule has 21 heavy (non-hydrogen) atoms. The minimum atomic E-state index is -1.14. The second kappa shape index (κ2) is 6.55. The Labute approximate surface area is 128 Å². The number of rotatable bonds is 3. The van der Waals surface area contributed by atoms with Crippen LogP contribution in [0.1, 0.15) is 17.4 Å². The summed E-state index contributed by atoms with van der Waals surface area (Å²) >= 11 is 7.11. The van der Waals surface area contributed by atoms with Crippen molar-refractivity contribution in [2.75, 3.05) is 6.61 Å². The van der Waals surface area contributed by atoms with Gasteiger partial charge in [0.15, 0.2) is 0 Å². The van der Waals surface area contributed by atoms with Gasteiger partial charge in [0.1, 0.15) is 5.69 Å². The number of para-hydroxylation sites is 1. The molecule has 1 heterocycles. The van der Waals surface area contributed by atoms with Gasteiger partial charge in [-0.05, 0) is 19.1 Å². The standard InChI is InChI=1S/C13H11ClN2O4S/c1-2-20-13(19)15-12-16(10(7-21-12)11(17)18)9-6-4-3-5-8(9)14/h3-7H,2H2,1H3,(H,17,18)/b15-12-. The van der Waals surface area contributed by atoms with E-state index in [4.69, 9.17) is 16.3 Å². The molecule has 0 aliphatic rings. The van der Waals surface area contributed by atoms with Gasteiger partial charge in [0, 0.05) is 5.38 Å². The minimum Gasteiger partial charge on any atom is -0.477 e. The molecular formula is C13H11ClN2O4S. The summed E-state index contributed by atoms with van der Waals surface area (Å²) in [6.45, 7) is 1.85. The summed E-state index contributed by atoms with van der Waals surface area (Å²) in [6.07, 6.45) is -0.780. The van der Waals surface area contributed by atoms with Crippen LogP contribution in [0.15, 0.2) is 34.6 Å². The molecule has 0 fully saturated rings. The fraction of sp³-hybridized carbons (Fsp3) is 0.154. The minimum absolute atomic E-state index is 0.0313. The highest BCUT2D eigenvalue weighted by Crippen LogP contribution is 2.21. The molecule has 0 aliphatic heterocycles. The first-order valence-electron chi connectivity index (χ1n) is 5.94. The number of carboxylic acid groups (broad SMARTS) is 1. The molecular weight excluding hydrogens is 316 g/mol. The normalized spacial score (nSPS) is 11.4. The molecule has 1 aromatic heterocycles. The van der Waals surface area contributed by atoms with E-state index in [1.165, 1.54) is 9.95 Å². The largest absolute Gasteiger partial charge is 0.477 e. The van der Waals surface area contributed by atoms with Gasteiger partial charge in [0.25, 0.3) is 0 Å². The first-order valence-corrected chi connectivity index (χ1v) is 7.20. The van der Waals surface area contributed by atoms with Gasteiger partial charge >= 0.3 is 12.1 Å². The van der Waals surface area contributed by atoms with Crippen molar-refractivity contribution in [3.63, 3.8) is 0 Å². The molecule has 2 rings (SSSR count). The summed E-state index contributed by atoms with van der Waals surface area (Å²) in [7, 11) is 0. The molecule has 110 valence electrons. The number of thiazole rings is 1. The second-order valence-corrected chi connectivity index (χ2v) is 5.05. The molecule has 0 saturated heterocycles. The summed E-state index contributed by atoms with van der Waals surface area (Å²) in [5.41, 5.74) is 0.400. The number of hydrogen-bond donors (Lipinski definition) is 1. The molecule has 8 heteroatoms. The van der Waals surface area contributed by atoms with E-state index in [0.29, 0.717) is 10.7 Å². The summed E-state index contributed by atoms with van der Waals surface area (Å²) < 4.78 is 6.06. The van der Waals surface area contributed by atoms with Gasteiger partial charge in [0.05, 0.1) is 17.3 Å². The van der Waals surface area contributed by atoms with Gasteiger partial charge < -0.3 is 9.84 Å². The molecule has 0 atom stereocenters. The van der Waals surface area contributed by atoms with Gasteiger partial charge in [-0.2, -0.15) is 0 Å². The number of carboxylic acids is 1. The van der Waals surface area contributed by atoms with Gasteiger partial charge in [0.2, 0.25) is 4.80 Å². The highest BCUT2D eigenvalue weighted by Gasteiger charge is 2.16. The average molecular weight is 327 g/mol. The number of carbonyl (C=O) groups excluding carboxylic acids is 1. The zero-order valence-electron chi connectivity index (χ0n) is 10.9. The summed E-state index contributed by atoms with van der Waals surface area (Å²) in [5.74, 6) is -1.14. The Bertz CT molecular complexity index is 751. The zero-order chi connectivity index (χ0) is 15.4. The van der Waals surface area contributed by atoms with Crippen LogP contribution in [0.2, 0.25) is 5.02 Å². The maximum atomic E-state index is 11.5. The van der Waals surface area contributed by atoms with Gasteiger partial charge in [-0.1, -0.05) is 23.7 Å². The number of halogens is 1. The van der Waals surface area contributed by atoms with E-state index < -0.39 is 12.1 Å². The molecule has 0 aliphatic carbocycles. The number of amides is 1. The van der Waals surface area contributed by atoms with Gasteiger partial charge in [-0.3, -0.25) is 4.57 Å². The monoisotopic (exact) mass is 326 g/mol. The van der Waals surface area contributed by atoms with Crippen molar-refractivity contribution < 1.29 is 19.4 Å². The van der Waals surface area contributed by atoms with E-state index in [1.807, 2.05) is 0 Å². The molecule has 6 nitrogen and oxygen atoms in total. The van der Waals surface area contributed by atoms with E-state index in [-0.39, 0.29) is 17.1 Å². The second-order valence-electron chi connectivity index (χ2n) is 3.81. The summed E-state index contributed by atoms with van der Waals surface area (Å²) in [4.78, 5) is 26.7. The number of benzene rings is 1. The number of hydrogen-bond acceptors (Lipinski definition) is 4. The maximum Gasteiger partial charge on any atom is 0.436 e. The van der Waals surface area contributed by atoms with Crippen LogP contribution >= 0.6 is 22.9 Å². The topological polar surface area (TPSA) is 80.9 Å². The van der Waals surface area contributed by atoms with E-state index in [9.17, 15) is 14.7 Å². The molecule has 2 aromatic rings. The Morgan fingerprint density at radius 1 is 1.43 bits per heavy atom. The van der Waals surface area contributed by atoms with Crippen LogP contribution in [-0.4, -0.2) is 28.3 Å². The molecule has 1 N–H and O–H groups in total. The van der Waals surface area contributed by atoms with Crippen LogP contribution in [-0.2, 0) is 4.74 Å². The van der Waals surface area contributed by atoms with E-state index in [2.05, 4.69) is 4.99 Å². The van der Waals surface area contributed by atoms with Crippen LogP contribution in [0.25, 0.3) is 5.69 Å². The van der Waals surface area contributed by atoms with Crippen molar-refractivity contribution in [1.29, 1.82) is 0 Å². The van der Waals surface area contributed by atoms with Crippen LogP contribution in [0.3, 0.4) is 0 Å². The number of aromatic nitrogens is 1. The van der Waals surface area contributed by atoms with E-state index in [0.717, 1.165) is 11.3 Å². The van der Waals surface area contributed by atoms with Gasteiger partial charge in [-0.15, -0.1) is 16.3 Å². The predicted molar refractivity (Wildman–Crippen MR) is 78.2 cm³/mol. The molecule has 1 aromatic carbocycles. The van der Waals surface area contributed by atoms with Crippen molar-refractivity contribution >= 4 is 35.0 Å². The van der Waals surface area contributed by atoms with Crippen LogP contribution in [0.5, 0.6) is 0 Å². The lowest BCUT2D eigenvalue weighted by molar-refractivity contribution is 0.0687. The lowest BCUT2D eigenvalue weighted by Crippen LogP contribution is -2.20. The smallest absolute Gasteiger partial charge is 0.436 e. The Hall–Kier alpha value is -2.12. The molecule has 0 radical (unpaired) electrons. The maximum absolute atomic E-state index is 11.5. The third-order valence-electron chi connectivity index (χ3n) is 2.48. The number of aromatic carboxylic acids is 1. The van der Waals surface area contributed by atoms with E-state index >= 15 is 0 Å². The van der Waals surface area contributed by atoms with Crippen molar-refractivity contribution in [3.05, 3.63) is 45.2 Å². The number of carbonyl (C=O) groups is 2. The van der Waals surface area contributed by atoms with Crippen LogP contribution in [0, 0.1) is 0 Å². The third-order valence-corrected chi connectivity index (χ3v) is 3.62. The quantitative estimate of drug-likeness (QED) is 0.940. The first-order chi connectivity index (χ1) is 10.0. The highest BCUT2D eigenvalue weighted by atomic mass is 35.5. The van der Waals surface area contributed by atoms with Gasteiger partial charge in [-0.25, -0.2) is 9.59 Å². The highest BCUT2D eigenvalue weighted by molar-refractivity contribution is 7.07. The molecule has 0 spiro atoms. The summed E-state index contributed by atoms with van der Waals surface area (Å²) in [5, 5.41) is 11.0. The fourth-order valence-corrected chi connectivity index (χ4v) is 2.71. The Kier molecular flexibility index (Phi) is 4.77. The van der Waals surface area contributed by atoms with Crippen molar-refractivity contribution in [3.8, 4) is 5.69 Å². The zero-order valence-corrected chi connectivity index (χ0v) is 12.5.